The molecule has 0 saturated heterocycles. The van der Waals surface area contributed by atoms with Crippen LogP contribution in [0.4, 0.5) is 0 Å². The van der Waals surface area contributed by atoms with Gasteiger partial charge in [0.15, 0.2) is 0 Å². The van der Waals surface area contributed by atoms with E-state index in [-0.39, 0.29) is 0 Å². The summed E-state index contributed by atoms with van der Waals surface area (Å²) >= 11 is 0. The Labute approximate surface area is 95.7 Å². The van der Waals surface area contributed by atoms with E-state index in [1.165, 1.54) is 0 Å². The number of nitrogens with zero attached hydrogens (tertiary/aromatic N) is 1. The van der Waals surface area contributed by atoms with E-state index in [1.807, 2.05) is 26.1 Å². The minimum atomic E-state index is -0.892. The Balaban J connectivity index is 2.60. The smallest absolute Gasteiger partial charge is 0.335 e. The molecule has 3 heteroatoms. The molecule has 16 heavy (non-hydrogen) atoms. The summed E-state index contributed by atoms with van der Waals surface area (Å²) in [7, 11) is 1.98. The molecule has 1 N–H and O–H groups in total. The van der Waals surface area contributed by atoms with Crippen LogP contribution >= 0.6 is 0 Å². The molecule has 1 aromatic rings. The second-order valence-corrected chi connectivity index (χ2v) is 3.60. The van der Waals surface area contributed by atoms with Crippen LogP contribution in [-0.4, -0.2) is 29.6 Å². The quantitative estimate of drug-likeness (QED) is 0.782. The third-order valence-electron chi connectivity index (χ3n) is 2.18. The first-order valence-corrected chi connectivity index (χ1v) is 5.04. The lowest BCUT2D eigenvalue weighted by atomic mass is 10.1. The van der Waals surface area contributed by atoms with Crippen LogP contribution < -0.4 is 0 Å². The molecule has 0 heterocycles. The lowest BCUT2D eigenvalue weighted by molar-refractivity contribution is 0.0697. The van der Waals surface area contributed by atoms with Crippen molar-refractivity contribution in [2.24, 2.45) is 0 Å². The number of hydrogen-bond donors (Lipinski definition) is 1. The zero-order valence-corrected chi connectivity index (χ0v) is 9.53. The molecule has 3 nitrogen and oxygen atoms in total. The number of hydrogen-bond acceptors (Lipinski definition) is 2. The topological polar surface area (TPSA) is 40.5 Å². The number of carbonyl (C=O) groups is 1. The Bertz CT molecular complexity index is 412. The van der Waals surface area contributed by atoms with Crippen LogP contribution in [0, 0.1) is 11.8 Å². The molecule has 0 bridgehead atoms. The van der Waals surface area contributed by atoms with Crippen molar-refractivity contribution in [3.63, 3.8) is 0 Å². The number of carboxylic acids is 1. The summed E-state index contributed by atoms with van der Waals surface area (Å²) in [6, 6.07) is 6.91. The second kappa shape index (κ2) is 5.94. The first kappa shape index (κ1) is 12.3. The van der Waals surface area contributed by atoms with Crippen molar-refractivity contribution in [1.29, 1.82) is 0 Å². The normalized spacial score (nSPS) is 9.69. The highest BCUT2D eigenvalue weighted by atomic mass is 16.4. The van der Waals surface area contributed by atoms with Crippen molar-refractivity contribution in [3.05, 3.63) is 35.4 Å². The Morgan fingerprint density at radius 3 is 2.50 bits per heavy atom. The lowest BCUT2D eigenvalue weighted by Gasteiger charge is -2.13. The van der Waals surface area contributed by atoms with Gasteiger partial charge in [-0.05, 0) is 31.7 Å². The number of rotatable bonds is 4. The molecule has 0 aliphatic rings. The fourth-order valence-electron chi connectivity index (χ4n) is 1.33. The SMILES string of the molecule is CC#CCN(C)Cc1ccc(C(=O)O)cc1. The zero-order chi connectivity index (χ0) is 12.0. The first-order valence-electron chi connectivity index (χ1n) is 5.04. The summed E-state index contributed by atoms with van der Waals surface area (Å²) in [5.41, 5.74) is 1.41. The van der Waals surface area contributed by atoms with Gasteiger partial charge in [-0.25, -0.2) is 4.79 Å². The van der Waals surface area contributed by atoms with E-state index in [0.717, 1.165) is 18.7 Å². The third kappa shape index (κ3) is 3.76. The summed E-state index contributed by atoms with van der Waals surface area (Å²) in [6.45, 7) is 3.31. The first-order chi connectivity index (χ1) is 7.63. The Kier molecular flexibility index (Phi) is 4.56. The Morgan fingerprint density at radius 1 is 1.38 bits per heavy atom. The molecular formula is C13H15NO2. The van der Waals surface area contributed by atoms with Gasteiger partial charge >= 0.3 is 5.97 Å². The van der Waals surface area contributed by atoms with Crippen LogP contribution in [0.3, 0.4) is 0 Å². The van der Waals surface area contributed by atoms with Gasteiger partial charge in [-0.1, -0.05) is 18.1 Å². The summed E-state index contributed by atoms with van der Waals surface area (Å²) in [6.07, 6.45) is 0. The molecule has 84 valence electrons. The molecule has 0 aliphatic heterocycles. The maximum atomic E-state index is 10.6. The number of benzene rings is 1. The molecular weight excluding hydrogens is 202 g/mol. The highest BCUT2D eigenvalue weighted by molar-refractivity contribution is 5.87. The van der Waals surface area contributed by atoms with Crippen molar-refractivity contribution in [3.8, 4) is 11.8 Å². The van der Waals surface area contributed by atoms with Crippen molar-refractivity contribution in [2.75, 3.05) is 13.6 Å². The van der Waals surface area contributed by atoms with Gasteiger partial charge in [-0.2, -0.15) is 0 Å². The molecule has 0 atom stereocenters. The van der Waals surface area contributed by atoms with E-state index in [4.69, 9.17) is 5.11 Å². The van der Waals surface area contributed by atoms with E-state index < -0.39 is 5.97 Å². The predicted octanol–water partition coefficient (Wildman–Crippen LogP) is 1.84. The van der Waals surface area contributed by atoms with E-state index in [2.05, 4.69) is 16.7 Å². The summed E-state index contributed by atoms with van der Waals surface area (Å²) in [5.74, 6) is 4.93. The van der Waals surface area contributed by atoms with Crippen molar-refractivity contribution in [1.82, 2.24) is 4.90 Å². The molecule has 0 spiro atoms. The fourth-order valence-corrected chi connectivity index (χ4v) is 1.33. The summed E-state index contributed by atoms with van der Waals surface area (Å²) in [5, 5.41) is 8.75. The number of aromatic carboxylic acids is 1. The van der Waals surface area contributed by atoms with Gasteiger partial charge in [-0.15, -0.1) is 5.92 Å². The molecule has 0 amide bonds. The highest BCUT2D eigenvalue weighted by Crippen LogP contribution is 2.06. The molecule has 1 rings (SSSR count). The predicted molar refractivity (Wildman–Crippen MR) is 63.2 cm³/mol. The molecule has 0 radical (unpaired) electrons. The highest BCUT2D eigenvalue weighted by Gasteiger charge is 2.02. The van der Waals surface area contributed by atoms with Crippen molar-refractivity contribution >= 4 is 5.97 Å². The molecule has 0 saturated carbocycles. The summed E-state index contributed by atoms with van der Waals surface area (Å²) in [4.78, 5) is 12.7. The van der Waals surface area contributed by atoms with Gasteiger partial charge in [0.1, 0.15) is 0 Å². The fraction of sp³-hybridized carbons (Fsp3) is 0.308. The van der Waals surface area contributed by atoms with Crippen LogP contribution in [0.5, 0.6) is 0 Å². The molecule has 0 unspecified atom stereocenters. The average molecular weight is 217 g/mol. The van der Waals surface area contributed by atoms with Gasteiger partial charge < -0.3 is 5.11 Å². The summed E-state index contributed by atoms with van der Waals surface area (Å²) < 4.78 is 0. The minimum absolute atomic E-state index is 0.319. The molecule has 0 aromatic heterocycles. The van der Waals surface area contributed by atoms with Gasteiger partial charge in [0.2, 0.25) is 0 Å². The maximum Gasteiger partial charge on any atom is 0.335 e. The van der Waals surface area contributed by atoms with Gasteiger partial charge in [0.05, 0.1) is 12.1 Å². The van der Waals surface area contributed by atoms with Crippen LogP contribution in [0.2, 0.25) is 0 Å². The van der Waals surface area contributed by atoms with E-state index >= 15 is 0 Å². The van der Waals surface area contributed by atoms with E-state index in [1.54, 1.807) is 12.1 Å². The Morgan fingerprint density at radius 2 is 2.00 bits per heavy atom. The van der Waals surface area contributed by atoms with Gasteiger partial charge in [0, 0.05) is 6.54 Å². The lowest BCUT2D eigenvalue weighted by Crippen LogP contribution is -2.17. The van der Waals surface area contributed by atoms with Crippen molar-refractivity contribution in [2.45, 2.75) is 13.5 Å². The van der Waals surface area contributed by atoms with Crippen LogP contribution in [0.15, 0.2) is 24.3 Å². The average Bonchev–Trinajstić information content (AvgIpc) is 2.27. The van der Waals surface area contributed by atoms with Gasteiger partial charge in [-0.3, -0.25) is 4.90 Å². The standard InChI is InChI=1S/C13H15NO2/c1-3-4-9-14(2)10-11-5-7-12(8-6-11)13(15)16/h5-8H,9-10H2,1-2H3,(H,15,16). The Hall–Kier alpha value is -1.79. The molecule has 0 aliphatic carbocycles. The van der Waals surface area contributed by atoms with Crippen LogP contribution in [-0.2, 0) is 6.54 Å². The third-order valence-corrected chi connectivity index (χ3v) is 2.18. The van der Waals surface area contributed by atoms with Gasteiger partial charge in [0.25, 0.3) is 0 Å². The minimum Gasteiger partial charge on any atom is -0.478 e. The number of carboxylic acid groups (broad SMARTS) is 1. The zero-order valence-electron chi connectivity index (χ0n) is 9.53. The van der Waals surface area contributed by atoms with E-state index in [9.17, 15) is 4.79 Å². The van der Waals surface area contributed by atoms with Crippen LogP contribution in [0.1, 0.15) is 22.8 Å². The molecule has 0 fully saturated rings. The van der Waals surface area contributed by atoms with Crippen LogP contribution in [0.25, 0.3) is 0 Å². The second-order valence-electron chi connectivity index (χ2n) is 3.60. The molecule has 1 aromatic carbocycles. The monoisotopic (exact) mass is 217 g/mol. The van der Waals surface area contributed by atoms with Crippen molar-refractivity contribution < 1.29 is 9.90 Å². The maximum absolute atomic E-state index is 10.6. The van der Waals surface area contributed by atoms with E-state index in [0.29, 0.717) is 5.56 Å². The largest absolute Gasteiger partial charge is 0.478 e.